The standard InChI is InChI=1S/C23H32N6O3/c30-21-8-4-12-28(21)13-5-11-24-22(31)20-17-29(26-25-20)18-23(32)9-14-27(15-10-23)16-19-6-2-1-3-7-19/h1-3,6-7,17,32H,4-5,8-16,18H2,(H,24,31). The van der Waals surface area contributed by atoms with E-state index in [0.29, 0.717) is 45.3 Å². The summed E-state index contributed by atoms with van der Waals surface area (Å²) in [6.45, 7) is 4.80. The molecule has 0 spiro atoms. The first-order valence-electron chi connectivity index (χ1n) is 11.5. The highest BCUT2D eigenvalue weighted by atomic mass is 16.3. The molecule has 0 unspecified atom stereocenters. The molecule has 9 heteroatoms. The fourth-order valence-corrected chi connectivity index (χ4v) is 4.41. The van der Waals surface area contributed by atoms with Gasteiger partial charge in [-0.25, -0.2) is 4.68 Å². The van der Waals surface area contributed by atoms with Gasteiger partial charge in [0.15, 0.2) is 5.69 Å². The van der Waals surface area contributed by atoms with E-state index in [1.807, 2.05) is 23.1 Å². The van der Waals surface area contributed by atoms with E-state index in [1.165, 1.54) is 5.56 Å². The first-order valence-corrected chi connectivity index (χ1v) is 11.5. The average Bonchev–Trinajstić information content (AvgIpc) is 3.42. The summed E-state index contributed by atoms with van der Waals surface area (Å²) < 4.78 is 1.56. The number of amides is 2. The molecular weight excluding hydrogens is 408 g/mol. The number of rotatable bonds is 9. The van der Waals surface area contributed by atoms with E-state index < -0.39 is 5.60 Å². The fraction of sp³-hybridized carbons (Fsp3) is 0.565. The van der Waals surface area contributed by atoms with Gasteiger partial charge in [0.2, 0.25) is 5.91 Å². The predicted molar refractivity (Wildman–Crippen MR) is 119 cm³/mol. The SMILES string of the molecule is O=C(NCCCN1CCCC1=O)c1cn(CC2(O)CCN(Cc3ccccc3)CC2)nn1. The van der Waals surface area contributed by atoms with Gasteiger partial charge in [0.05, 0.1) is 18.3 Å². The average molecular weight is 441 g/mol. The first kappa shape index (κ1) is 22.4. The van der Waals surface area contributed by atoms with Gasteiger partial charge in [-0.3, -0.25) is 14.5 Å². The molecule has 2 fully saturated rings. The number of carbonyl (C=O) groups excluding carboxylic acids is 2. The van der Waals surface area contributed by atoms with Crippen LogP contribution in [0.5, 0.6) is 0 Å². The molecule has 1 aromatic carbocycles. The second-order valence-corrected chi connectivity index (χ2v) is 8.88. The summed E-state index contributed by atoms with van der Waals surface area (Å²) >= 11 is 0. The summed E-state index contributed by atoms with van der Waals surface area (Å²) in [5, 5.41) is 21.8. The third-order valence-corrected chi connectivity index (χ3v) is 6.33. The van der Waals surface area contributed by atoms with Crippen molar-refractivity contribution in [2.45, 2.75) is 50.8 Å². The van der Waals surface area contributed by atoms with Gasteiger partial charge in [0.1, 0.15) is 0 Å². The topological polar surface area (TPSA) is 104 Å². The molecule has 3 heterocycles. The number of benzene rings is 1. The molecule has 2 aliphatic heterocycles. The minimum atomic E-state index is -0.850. The van der Waals surface area contributed by atoms with Gasteiger partial charge in [-0.15, -0.1) is 5.10 Å². The molecule has 0 aliphatic carbocycles. The quantitative estimate of drug-likeness (QED) is 0.565. The van der Waals surface area contributed by atoms with Crippen molar-refractivity contribution < 1.29 is 14.7 Å². The van der Waals surface area contributed by atoms with E-state index in [-0.39, 0.29) is 17.5 Å². The lowest BCUT2D eigenvalue weighted by Gasteiger charge is -2.38. The Bertz CT molecular complexity index is 907. The molecular formula is C23H32N6O3. The van der Waals surface area contributed by atoms with Crippen LogP contribution in [0.15, 0.2) is 36.5 Å². The lowest BCUT2D eigenvalue weighted by atomic mass is 9.91. The van der Waals surface area contributed by atoms with E-state index in [9.17, 15) is 14.7 Å². The van der Waals surface area contributed by atoms with E-state index in [4.69, 9.17) is 0 Å². The van der Waals surface area contributed by atoms with Gasteiger partial charge in [0, 0.05) is 45.7 Å². The molecule has 172 valence electrons. The Morgan fingerprint density at radius 3 is 2.66 bits per heavy atom. The highest BCUT2D eigenvalue weighted by Crippen LogP contribution is 2.25. The summed E-state index contributed by atoms with van der Waals surface area (Å²) in [6, 6.07) is 10.3. The highest BCUT2D eigenvalue weighted by Gasteiger charge is 2.33. The number of carbonyl (C=O) groups is 2. The normalized spacial score (nSPS) is 18.8. The van der Waals surface area contributed by atoms with Crippen LogP contribution in [0.3, 0.4) is 0 Å². The molecule has 4 rings (SSSR count). The number of hydrogen-bond acceptors (Lipinski definition) is 6. The third-order valence-electron chi connectivity index (χ3n) is 6.33. The van der Waals surface area contributed by atoms with Crippen LogP contribution in [0.1, 0.15) is 48.2 Å². The summed E-state index contributed by atoms with van der Waals surface area (Å²) in [6.07, 6.45) is 5.16. The van der Waals surface area contributed by atoms with Gasteiger partial charge in [-0.2, -0.15) is 0 Å². The minimum Gasteiger partial charge on any atom is -0.388 e. The maximum absolute atomic E-state index is 12.3. The van der Waals surface area contributed by atoms with Gasteiger partial charge in [-0.05, 0) is 31.2 Å². The highest BCUT2D eigenvalue weighted by molar-refractivity contribution is 5.91. The Morgan fingerprint density at radius 2 is 1.94 bits per heavy atom. The summed E-state index contributed by atoms with van der Waals surface area (Å²) in [7, 11) is 0. The second kappa shape index (κ2) is 10.2. The Balaban J connectivity index is 1.19. The smallest absolute Gasteiger partial charge is 0.273 e. The molecule has 0 bridgehead atoms. The van der Waals surface area contributed by atoms with Crippen molar-refractivity contribution in [1.29, 1.82) is 0 Å². The van der Waals surface area contributed by atoms with Crippen molar-refractivity contribution in [3.8, 4) is 0 Å². The number of nitrogens with one attached hydrogen (secondary N) is 1. The van der Waals surface area contributed by atoms with Crippen molar-refractivity contribution in [3.63, 3.8) is 0 Å². The van der Waals surface area contributed by atoms with Crippen LogP contribution in [0.4, 0.5) is 0 Å². The number of aromatic nitrogens is 3. The summed E-state index contributed by atoms with van der Waals surface area (Å²) in [5.74, 6) is -0.0863. The Morgan fingerprint density at radius 1 is 1.16 bits per heavy atom. The molecule has 0 radical (unpaired) electrons. The molecule has 9 nitrogen and oxygen atoms in total. The zero-order valence-electron chi connectivity index (χ0n) is 18.4. The molecule has 2 N–H and O–H groups in total. The fourth-order valence-electron chi connectivity index (χ4n) is 4.41. The zero-order valence-corrected chi connectivity index (χ0v) is 18.4. The van der Waals surface area contributed by atoms with Crippen molar-refractivity contribution in [2.24, 2.45) is 0 Å². The maximum atomic E-state index is 12.3. The van der Waals surface area contributed by atoms with Gasteiger partial charge < -0.3 is 15.3 Å². The molecule has 2 aromatic rings. The van der Waals surface area contributed by atoms with E-state index in [1.54, 1.807) is 10.9 Å². The van der Waals surface area contributed by atoms with Crippen LogP contribution in [0.25, 0.3) is 0 Å². The van der Waals surface area contributed by atoms with Crippen LogP contribution < -0.4 is 5.32 Å². The van der Waals surface area contributed by atoms with Crippen LogP contribution in [0, 0.1) is 0 Å². The van der Waals surface area contributed by atoms with Crippen LogP contribution in [0.2, 0.25) is 0 Å². The lowest BCUT2D eigenvalue weighted by molar-refractivity contribution is -0.127. The molecule has 1 aromatic heterocycles. The summed E-state index contributed by atoms with van der Waals surface area (Å²) in [4.78, 5) is 28.1. The third kappa shape index (κ3) is 5.92. The van der Waals surface area contributed by atoms with Crippen LogP contribution in [-0.4, -0.2) is 80.0 Å². The van der Waals surface area contributed by atoms with E-state index >= 15 is 0 Å². The van der Waals surface area contributed by atoms with Crippen molar-refractivity contribution >= 4 is 11.8 Å². The molecule has 32 heavy (non-hydrogen) atoms. The van der Waals surface area contributed by atoms with Crippen LogP contribution in [-0.2, 0) is 17.9 Å². The minimum absolute atomic E-state index is 0.197. The van der Waals surface area contributed by atoms with Gasteiger partial charge in [0.25, 0.3) is 5.91 Å². The Kier molecular flexibility index (Phi) is 7.16. The Labute approximate surface area is 188 Å². The Hall–Kier alpha value is -2.78. The van der Waals surface area contributed by atoms with Crippen LogP contribution >= 0.6 is 0 Å². The van der Waals surface area contributed by atoms with Crippen molar-refractivity contribution in [1.82, 2.24) is 30.1 Å². The van der Waals surface area contributed by atoms with E-state index in [0.717, 1.165) is 32.6 Å². The number of piperidine rings is 1. The number of aliphatic hydroxyl groups is 1. The molecule has 0 saturated carbocycles. The molecule has 2 saturated heterocycles. The number of nitrogens with zero attached hydrogens (tertiary/aromatic N) is 5. The zero-order chi connectivity index (χ0) is 22.4. The van der Waals surface area contributed by atoms with Gasteiger partial charge >= 0.3 is 0 Å². The largest absolute Gasteiger partial charge is 0.388 e. The molecule has 2 aliphatic rings. The molecule has 2 amide bonds. The van der Waals surface area contributed by atoms with Crippen molar-refractivity contribution in [3.05, 3.63) is 47.8 Å². The lowest BCUT2D eigenvalue weighted by Crippen LogP contribution is -2.46. The van der Waals surface area contributed by atoms with Crippen molar-refractivity contribution in [2.75, 3.05) is 32.7 Å². The monoisotopic (exact) mass is 440 g/mol. The maximum Gasteiger partial charge on any atom is 0.273 e. The number of likely N-dealkylation sites (tertiary alicyclic amines) is 2. The number of hydrogen-bond donors (Lipinski definition) is 2. The first-order chi connectivity index (χ1) is 15.5. The van der Waals surface area contributed by atoms with Gasteiger partial charge in [-0.1, -0.05) is 35.5 Å². The predicted octanol–water partition coefficient (Wildman–Crippen LogP) is 1.05. The second-order valence-electron chi connectivity index (χ2n) is 8.88. The van der Waals surface area contributed by atoms with E-state index in [2.05, 4.69) is 32.7 Å². The summed E-state index contributed by atoms with van der Waals surface area (Å²) in [5.41, 5.74) is 0.668. The molecule has 0 atom stereocenters.